The van der Waals surface area contributed by atoms with Crippen molar-refractivity contribution in [1.29, 1.82) is 0 Å². The third-order valence-corrected chi connectivity index (χ3v) is 5.26. The molecule has 0 unspecified atom stereocenters. The summed E-state index contributed by atoms with van der Waals surface area (Å²) in [6.45, 7) is 3.36. The zero-order valence-electron chi connectivity index (χ0n) is 14.6. The fourth-order valence-electron chi connectivity index (χ4n) is 3.87. The second-order valence-corrected chi connectivity index (χ2v) is 6.90. The van der Waals surface area contributed by atoms with Crippen LogP contribution in [0.15, 0.2) is 78.9 Å². The molecule has 0 aliphatic carbocycles. The summed E-state index contributed by atoms with van der Waals surface area (Å²) >= 11 is 0. The maximum atomic E-state index is 3.45. The van der Waals surface area contributed by atoms with E-state index < -0.39 is 0 Å². The number of hydrogen-bond donors (Lipinski definition) is 0. The number of rotatable bonds is 4. The summed E-state index contributed by atoms with van der Waals surface area (Å²) in [7, 11) is 0. The van der Waals surface area contributed by atoms with Gasteiger partial charge in [0.2, 0.25) is 0 Å². The van der Waals surface area contributed by atoms with Gasteiger partial charge in [0.25, 0.3) is 0 Å². The number of benzene rings is 3. The van der Waals surface area contributed by atoms with Gasteiger partial charge < -0.3 is 0 Å². The lowest BCUT2D eigenvalue weighted by Gasteiger charge is -2.32. The third-order valence-electron chi connectivity index (χ3n) is 5.26. The van der Waals surface area contributed by atoms with Gasteiger partial charge in [-0.3, -0.25) is 4.90 Å². The van der Waals surface area contributed by atoms with Crippen LogP contribution in [-0.4, -0.2) is 18.0 Å². The molecule has 1 nitrogen and oxygen atoms in total. The Labute approximate surface area is 150 Å². The fourth-order valence-corrected chi connectivity index (χ4v) is 3.87. The Morgan fingerprint density at radius 3 is 2.20 bits per heavy atom. The molecule has 0 aromatic heterocycles. The molecule has 125 valence electrons. The highest BCUT2D eigenvalue weighted by Gasteiger charge is 2.21. The molecule has 25 heavy (non-hydrogen) atoms. The summed E-state index contributed by atoms with van der Waals surface area (Å²) < 4.78 is 0. The van der Waals surface area contributed by atoms with E-state index in [-0.39, 0.29) is 0 Å². The second kappa shape index (κ2) is 7.67. The minimum Gasteiger partial charge on any atom is -0.299 e. The fraction of sp³-hybridized carbons (Fsp3) is 0.250. The first-order chi connectivity index (χ1) is 12.4. The molecule has 0 amide bonds. The monoisotopic (exact) mass is 326 g/mol. The van der Waals surface area contributed by atoms with Crippen LogP contribution in [0.2, 0.25) is 0 Å². The predicted molar refractivity (Wildman–Crippen MR) is 104 cm³/mol. The van der Waals surface area contributed by atoms with Crippen LogP contribution in [0.5, 0.6) is 0 Å². The number of likely N-dealkylation sites (tertiary alicyclic amines) is 1. The summed E-state index contributed by atoms with van der Waals surface area (Å²) in [6, 6.07) is 31.4. The van der Waals surface area contributed by atoms with Gasteiger partial charge in [0.1, 0.15) is 0 Å². The van der Waals surface area contributed by atoms with Gasteiger partial charge in [-0.15, -0.1) is 0 Å². The highest BCUT2D eigenvalue weighted by molar-refractivity contribution is 5.66. The van der Waals surface area contributed by atoms with Crippen molar-refractivity contribution < 1.29 is 0 Å². The lowest BCUT2D eigenvalue weighted by molar-refractivity contribution is 0.205. The molecule has 1 aliphatic heterocycles. The molecule has 0 N–H and O–H groups in total. The molecule has 3 aromatic carbocycles. The van der Waals surface area contributed by atoms with E-state index in [1.54, 1.807) is 0 Å². The van der Waals surface area contributed by atoms with Crippen LogP contribution in [0.4, 0.5) is 0 Å². The minimum absolute atomic E-state index is 0.716. The minimum atomic E-state index is 0.716. The largest absolute Gasteiger partial charge is 0.299 e. The van der Waals surface area contributed by atoms with Crippen molar-refractivity contribution in [2.75, 3.05) is 13.1 Å². The first-order valence-corrected chi connectivity index (χ1v) is 9.22. The third kappa shape index (κ3) is 3.83. The molecule has 3 aromatic rings. The SMILES string of the molecule is [c]1cccc(CN2CCC(c3ccccc3)CC2)c1-c1ccccc1. The van der Waals surface area contributed by atoms with Gasteiger partial charge >= 0.3 is 0 Å². The molecule has 1 fully saturated rings. The smallest absolute Gasteiger partial charge is 0.0240 e. The van der Waals surface area contributed by atoms with Gasteiger partial charge in [-0.2, -0.15) is 0 Å². The van der Waals surface area contributed by atoms with E-state index in [0.717, 1.165) is 6.54 Å². The zero-order valence-corrected chi connectivity index (χ0v) is 14.6. The van der Waals surface area contributed by atoms with E-state index in [0.29, 0.717) is 5.92 Å². The topological polar surface area (TPSA) is 3.24 Å². The van der Waals surface area contributed by atoms with Crippen molar-refractivity contribution in [3.05, 3.63) is 96.1 Å². The van der Waals surface area contributed by atoms with Crippen LogP contribution in [0, 0.1) is 6.07 Å². The van der Waals surface area contributed by atoms with Crippen molar-refractivity contribution in [2.24, 2.45) is 0 Å². The highest BCUT2D eigenvalue weighted by atomic mass is 15.1. The van der Waals surface area contributed by atoms with Gasteiger partial charge in [0, 0.05) is 6.54 Å². The van der Waals surface area contributed by atoms with Crippen molar-refractivity contribution in [3.8, 4) is 11.1 Å². The van der Waals surface area contributed by atoms with E-state index in [9.17, 15) is 0 Å². The number of hydrogen-bond acceptors (Lipinski definition) is 1. The summed E-state index contributed by atoms with van der Waals surface area (Å²) in [5, 5.41) is 0. The molecule has 1 heterocycles. The summed E-state index contributed by atoms with van der Waals surface area (Å²) in [4.78, 5) is 2.59. The van der Waals surface area contributed by atoms with Crippen LogP contribution >= 0.6 is 0 Å². The average Bonchev–Trinajstić information content (AvgIpc) is 2.70. The Balaban J connectivity index is 1.44. The first kappa shape index (κ1) is 16.1. The highest BCUT2D eigenvalue weighted by Crippen LogP contribution is 2.30. The summed E-state index contributed by atoms with van der Waals surface area (Å²) in [6.07, 6.45) is 2.50. The first-order valence-electron chi connectivity index (χ1n) is 9.22. The van der Waals surface area contributed by atoms with Crippen molar-refractivity contribution in [3.63, 3.8) is 0 Å². The van der Waals surface area contributed by atoms with Crippen molar-refractivity contribution in [2.45, 2.75) is 25.3 Å². The quantitative estimate of drug-likeness (QED) is 0.609. The molecular formula is C24H24N. The number of piperidine rings is 1. The van der Waals surface area contributed by atoms with E-state index in [2.05, 4.69) is 83.8 Å². The number of nitrogens with zero attached hydrogens (tertiary/aromatic N) is 1. The zero-order chi connectivity index (χ0) is 16.9. The van der Waals surface area contributed by atoms with E-state index in [4.69, 9.17) is 0 Å². The van der Waals surface area contributed by atoms with Gasteiger partial charge in [-0.25, -0.2) is 0 Å². The van der Waals surface area contributed by atoms with Crippen LogP contribution in [0.25, 0.3) is 11.1 Å². The Bertz CT molecular complexity index is 787. The van der Waals surface area contributed by atoms with E-state index in [1.807, 2.05) is 6.07 Å². The normalized spacial score (nSPS) is 16.0. The molecule has 0 spiro atoms. The van der Waals surface area contributed by atoms with Crippen molar-refractivity contribution in [1.82, 2.24) is 4.90 Å². The van der Waals surface area contributed by atoms with Gasteiger partial charge in [0.05, 0.1) is 0 Å². The Kier molecular flexibility index (Phi) is 4.94. The molecule has 1 radical (unpaired) electrons. The lowest BCUT2D eigenvalue weighted by atomic mass is 9.89. The lowest BCUT2D eigenvalue weighted by Crippen LogP contribution is -2.32. The van der Waals surface area contributed by atoms with Crippen LogP contribution in [0.3, 0.4) is 0 Å². The van der Waals surface area contributed by atoms with Gasteiger partial charge in [0.15, 0.2) is 0 Å². The van der Waals surface area contributed by atoms with Crippen molar-refractivity contribution >= 4 is 0 Å². The Morgan fingerprint density at radius 1 is 0.800 bits per heavy atom. The second-order valence-electron chi connectivity index (χ2n) is 6.90. The average molecular weight is 326 g/mol. The Morgan fingerprint density at radius 2 is 1.48 bits per heavy atom. The molecule has 0 bridgehead atoms. The predicted octanol–water partition coefficient (Wildman–Crippen LogP) is 5.53. The van der Waals surface area contributed by atoms with E-state index >= 15 is 0 Å². The molecule has 1 heteroatoms. The molecule has 1 aliphatic rings. The summed E-state index contributed by atoms with van der Waals surface area (Å²) in [5.41, 5.74) is 5.39. The molecule has 0 atom stereocenters. The van der Waals surface area contributed by atoms with Gasteiger partial charge in [-0.1, -0.05) is 78.9 Å². The van der Waals surface area contributed by atoms with Crippen LogP contribution in [0.1, 0.15) is 29.9 Å². The molecular weight excluding hydrogens is 302 g/mol. The maximum Gasteiger partial charge on any atom is 0.0240 e. The molecule has 4 rings (SSSR count). The van der Waals surface area contributed by atoms with Crippen LogP contribution in [-0.2, 0) is 6.54 Å². The molecule has 1 saturated heterocycles. The van der Waals surface area contributed by atoms with E-state index in [1.165, 1.54) is 48.2 Å². The Hall–Kier alpha value is -2.38. The van der Waals surface area contributed by atoms with Crippen LogP contribution < -0.4 is 0 Å². The molecule has 0 saturated carbocycles. The summed E-state index contributed by atoms with van der Waals surface area (Å²) in [5.74, 6) is 0.716. The van der Waals surface area contributed by atoms with Gasteiger partial charge in [-0.05, 0) is 60.2 Å². The maximum absolute atomic E-state index is 3.45. The standard InChI is InChI=1S/C24H24N/c1-3-9-20(10-4-1)21-15-17-25(18-16-21)19-23-13-7-8-14-24(23)22-11-5-2-6-12-22/h1-13,21H,15-19H2.